The first kappa shape index (κ1) is 29.5. The summed E-state index contributed by atoms with van der Waals surface area (Å²) in [5.41, 5.74) is 0. The molecule has 0 nitrogen and oxygen atoms in total. The van der Waals surface area contributed by atoms with Crippen LogP contribution in [0.3, 0.4) is 0 Å². The minimum atomic E-state index is 0. The van der Waals surface area contributed by atoms with E-state index in [1.807, 2.05) is 6.08 Å². The zero-order chi connectivity index (χ0) is 3.41. The molecule has 0 amide bonds. The van der Waals surface area contributed by atoms with Crippen molar-refractivity contribution in [3.63, 3.8) is 0 Å². The second-order valence-electron chi connectivity index (χ2n) is 0.697. The Labute approximate surface area is 44.1 Å². The Morgan fingerprint density at radius 1 is 1.29 bits per heavy atom. The number of allylic oxidation sites excluding steroid dienone is 1. The van der Waals surface area contributed by atoms with Crippen LogP contribution >= 0.6 is 0 Å². The van der Waals surface area contributed by atoms with Crippen LogP contribution in [0.25, 0.3) is 0 Å². The van der Waals surface area contributed by atoms with Crippen LogP contribution in [0.2, 0.25) is 6.04 Å². The van der Waals surface area contributed by atoms with Crippen molar-refractivity contribution < 1.29 is 14.1 Å². The SMILES string of the molecule is C=CC[SiH3].F.F.F. The van der Waals surface area contributed by atoms with Crippen LogP contribution < -0.4 is 0 Å². The highest BCUT2D eigenvalue weighted by atomic mass is 28.1. The van der Waals surface area contributed by atoms with Crippen molar-refractivity contribution in [2.75, 3.05) is 0 Å². The highest BCUT2D eigenvalue weighted by Gasteiger charge is 1.46. The quantitative estimate of drug-likeness (QED) is 0.358. The van der Waals surface area contributed by atoms with Crippen molar-refractivity contribution in [1.29, 1.82) is 0 Å². The third-order valence-electron chi connectivity index (χ3n) is 0.289. The minimum Gasteiger partial charge on any atom is -0.269 e. The Hall–Kier alpha value is -0.253. The molecular formula is C3H11F3Si. The molecule has 0 rings (SSSR count). The first-order valence-electron chi connectivity index (χ1n) is 1.52. The maximum Gasteiger partial charge on any atom is 0.00753 e. The summed E-state index contributed by atoms with van der Waals surface area (Å²) >= 11 is 0. The Balaban J connectivity index is -0.0000000150. The molecule has 0 aliphatic heterocycles. The summed E-state index contributed by atoms with van der Waals surface area (Å²) in [6.07, 6.45) is 1.94. The summed E-state index contributed by atoms with van der Waals surface area (Å²) in [5, 5.41) is 0. The van der Waals surface area contributed by atoms with E-state index in [1.165, 1.54) is 16.3 Å². The maximum atomic E-state index is 3.51. The van der Waals surface area contributed by atoms with Crippen molar-refractivity contribution in [3.05, 3.63) is 12.7 Å². The molecular weight excluding hydrogens is 121 g/mol. The summed E-state index contributed by atoms with van der Waals surface area (Å²) in [6.45, 7) is 3.51. The van der Waals surface area contributed by atoms with E-state index in [2.05, 4.69) is 6.58 Å². The predicted molar refractivity (Wildman–Crippen MR) is 32.5 cm³/mol. The molecule has 7 heavy (non-hydrogen) atoms. The van der Waals surface area contributed by atoms with Crippen molar-refractivity contribution in [3.8, 4) is 0 Å². The molecule has 0 spiro atoms. The first-order chi connectivity index (χ1) is 1.91. The molecule has 0 atom stereocenters. The Morgan fingerprint density at radius 2 is 1.43 bits per heavy atom. The van der Waals surface area contributed by atoms with Gasteiger partial charge in [-0.15, -0.1) is 6.58 Å². The fourth-order valence-corrected chi connectivity index (χ4v) is 0. The van der Waals surface area contributed by atoms with Gasteiger partial charge in [0, 0.05) is 10.2 Å². The maximum absolute atomic E-state index is 3.51. The lowest BCUT2D eigenvalue weighted by atomic mass is 10.8. The summed E-state index contributed by atoms with van der Waals surface area (Å²) in [5.74, 6) is 0. The average molecular weight is 132 g/mol. The van der Waals surface area contributed by atoms with Gasteiger partial charge in [0.05, 0.1) is 0 Å². The number of hydrogen-bond donors (Lipinski definition) is 0. The number of rotatable bonds is 1. The summed E-state index contributed by atoms with van der Waals surface area (Å²) in [6, 6.07) is 1.22. The van der Waals surface area contributed by atoms with E-state index >= 15 is 0 Å². The van der Waals surface area contributed by atoms with Crippen LogP contribution in [-0.4, -0.2) is 10.2 Å². The van der Waals surface area contributed by atoms with Crippen molar-refractivity contribution in [2.45, 2.75) is 6.04 Å². The van der Waals surface area contributed by atoms with E-state index in [0.29, 0.717) is 0 Å². The van der Waals surface area contributed by atoms with E-state index in [1.54, 1.807) is 0 Å². The van der Waals surface area contributed by atoms with Gasteiger partial charge in [-0.25, -0.2) is 0 Å². The smallest absolute Gasteiger partial charge is 0.00753 e. The molecule has 4 heteroatoms. The van der Waals surface area contributed by atoms with E-state index in [-0.39, 0.29) is 14.1 Å². The fraction of sp³-hybridized carbons (Fsp3) is 0.333. The molecule has 0 aromatic rings. The molecule has 0 saturated carbocycles. The fourth-order valence-electron chi connectivity index (χ4n) is 0. The second kappa shape index (κ2) is 42.4. The molecule has 48 valence electrons. The van der Waals surface area contributed by atoms with Crippen LogP contribution in [0.4, 0.5) is 14.1 Å². The molecule has 0 N–H and O–H groups in total. The third kappa shape index (κ3) is 145. The van der Waals surface area contributed by atoms with Crippen LogP contribution in [0.5, 0.6) is 0 Å². The molecule has 0 fully saturated rings. The zero-order valence-corrected chi connectivity index (χ0v) is 6.22. The molecule has 0 aromatic heterocycles. The molecule has 0 bridgehead atoms. The molecule has 0 aromatic carbocycles. The highest BCUT2D eigenvalue weighted by molar-refractivity contribution is 6.09. The molecule has 0 radical (unpaired) electrons. The van der Waals surface area contributed by atoms with Crippen LogP contribution in [0, 0.1) is 0 Å². The monoisotopic (exact) mass is 132 g/mol. The second-order valence-corrected chi connectivity index (χ2v) is 1.51. The summed E-state index contributed by atoms with van der Waals surface area (Å²) in [4.78, 5) is 0. The lowest BCUT2D eigenvalue weighted by Crippen LogP contribution is -1.47. The van der Waals surface area contributed by atoms with Gasteiger partial charge in [-0.3, -0.25) is 14.1 Å². The molecule has 0 heterocycles. The largest absolute Gasteiger partial charge is 0.269 e. The predicted octanol–water partition coefficient (Wildman–Crippen LogP) is 0.414. The summed E-state index contributed by atoms with van der Waals surface area (Å²) < 4.78 is 0. The van der Waals surface area contributed by atoms with Crippen LogP contribution in [0.1, 0.15) is 0 Å². The van der Waals surface area contributed by atoms with Gasteiger partial charge in [0.1, 0.15) is 0 Å². The Morgan fingerprint density at radius 3 is 1.43 bits per heavy atom. The van der Waals surface area contributed by atoms with Crippen LogP contribution in [-0.2, 0) is 0 Å². The molecule has 0 aliphatic carbocycles. The molecule has 0 aliphatic rings. The Bertz CT molecular complexity index is 24.1. The minimum absolute atomic E-state index is 0. The summed E-state index contributed by atoms with van der Waals surface area (Å²) in [7, 11) is 1.27. The van der Waals surface area contributed by atoms with Gasteiger partial charge in [0.25, 0.3) is 0 Å². The number of hydrogen-bond acceptors (Lipinski definition) is 0. The first-order valence-corrected chi connectivity index (χ1v) is 2.94. The third-order valence-corrected chi connectivity index (χ3v) is 0.866. The van der Waals surface area contributed by atoms with Crippen molar-refractivity contribution in [2.24, 2.45) is 0 Å². The Kier molecular flexibility index (Phi) is 179. The van der Waals surface area contributed by atoms with Crippen molar-refractivity contribution >= 4 is 10.2 Å². The standard InChI is InChI=1S/C3H8Si.3FH/c1-2-3-4;;;/h2H,1,3H2,4H3;3*1H. The van der Waals surface area contributed by atoms with Gasteiger partial charge >= 0.3 is 0 Å². The topological polar surface area (TPSA) is 0 Å². The van der Waals surface area contributed by atoms with Gasteiger partial charge < -0.3 is 0 Å². The van der Waals surface area contributed by atoms with Crippen molar-refractivity contribution in [1.82, 2.24) is 0 Å². The molecule has 0 saturated heterocycles. The normalized spacial score (nSPS) is 4.00. The lowest BCUT2D eigenvalue weighted by molar-refractivity contribution is 1.11. The van der Waals surface area contributed by atoms with E-state index < -0.39 is 0 Å². The van der Waals surface area contributed by atoms with Gasteiger partial charge in [-0.1, -0.05) is 6.08 Å². The van der Waals surface area contributed by atoms with Gasteiger partial charge in [-0.05, 0) is 6.04 Å². The zero-order valence-electron chi connectivity index (χ0n) is 4.22. The van der Waals surface area contributed by atoms with E-state index in [0.717, 1.165) is 0 Å². The number of halogens is 3. The van der Waals surface area contributed by atoms with Crippen LogP contribution in [0.15, 0.2) is 12.7 Å². The van der Waals surface area contributed by atoms with E-state index in [4.69, 9.17) is 0 Å². The lowest BCUT2D eigenvalue weighted by Gasteiger charge is -1.57. The molecule has 0 unspecified atom stereocenters. The average Bonchev–Trinajstić information content (AvgIpc) is 1.37. The van der Waals surface area contributed by atoms with Gasteiger partial charge in [0.15, 0.2) is 0 Å². The van der Waals surface area contributed by atoms with Gasteiger partial charge in [0.2, 0.25) is 0 Å². The highest BCUT2D eigenvalue weighted by Crippen LogP contribution is 1.61. The van der Waals surface area contributed by atoms with E-state index in [9.17, 15) is 0 Å². The van der Waals surface area contributed by atoms with Gasteiger partial charge in [-0.2, -0.15) is 0 Å².